The van der Waals surface area contributed by atoms with Gasteiger partial charge in [0, 0.05) is 43.0 Å². The summed E-state index contributed by atoms with van der Waals surface area (Å²) in [6.07, 6.45) is 8.94. The number of carbonyl (C=O) groups is 2. The molecule has 2 aliphatic rings. The van der Waals surface area contributed by atoms with E-state index in [9.17, 15) is 9.59 Å². The maximum Gasteiger partial charge on any atom is 0.237 e. The number of aromatic nitrogens is 1. The van der Waals surface area contributed by atoms with E-state index in [0.717, 1.165) is 41.1 Å². The zero-order valence-electron chi connectivity index (χ0n) is 13.6. The lowest BCUT2D eigenvalue weighted by Crippen LogP contribution is -2.40. The first-order valence-electron chi connectivity index (χ1n) is 7.89. The van der Waals surface area contributed by atoms with Gasteiger partial charge in [-0.3, -0.25) is 15.0 Å². The second-order valence-corrected chi connectivity index (χ2v) is 6.01. The highest BCUT2D eigenvalue weighted by atomic mass is 35.5. The number of aromatic amines is 1. The van der Waals surface area contributed by atoms with Crippen molar-refractivity contribution in [2.45, 2.75) is 19.3 Å². The lowest BCUT2D eigenvalue weighted by Gasteiger charge is -2.20. The molecule has 0 aromatic carbocycles. The summed E-state index contributed by atoms with van der Waals surface area (Å²) in [5, 5.41) is 2.78. The highest BCUT2D eigenvalue weighted by molar-refractivity contribution is 6.30. The first-order valence-corrected chi connectivity index (χ1v) is 8.27. The van der Waals surface area contributed by atoms with Gasteiger partial charge in [-0.15, -0.1) is 0 Å². The largest absolute Gasteiger partial charge is 0.381 e. The number of fused-ring (bicyclic) bond motifs is 1. The number of hydrogen-bond acceptors (Lipinski definition) is 4. The molecule has 2 heterocycles. The Hall–Kier alpha value is -1.89. The van der Waals surface area contributed by atoms with E-state index in [-0.39, 0.29) is 11.8 Å². The Bertz CT molecular complexity index is 718. The van der Waals surface area contributed by atoms with Gasteiger partial charge in [-0.05, 0) is 36.3 Å². The third kappa shape index (κ3) is 5.33. The number of halogens is 1. The van der Waals surface area contributed by atoms with E-state index in [4.69, 9.17) is 16.3 Å². The molecule has 1 saturated heterocycles. The van der Waals surface area contributed by atoms with Gasteiger partial charge in [0.1, 0.15) is 0 Å². The summed E-state index contributed by atoms with van der Waals surface area (Å²) in [5.74, 6) is 0.215. The number of hydrazine groups is 1. The van der Waals surface area contributed by atoms with Crippen molar-refractivity contribution in [2.24, 2.45) is 5.92 Å². The number of allylic oxidation sites excluding steroid dienone is 2. The minimum Gasteiger partial charge on any atom is -0.381 e. The molecule has 0 unspecified atom stereocenters. The van der Waals surface area contributed by atoms with Gasteiger partial charge in [0.25, 0.3) is 0 Å². The summed E-state index contributed by atoms with van der Waals surface area (Å²) in [6.45, 7) is 1.42. The van der Waals surface area contributed by atoms with E-state index in [1.807, 2.05) is 24.3 Å². The summed E-state index contributed by atoms with van der Waals surface area (Å²) in [7, 11) is 1.69. The maximum absolute atomic E-state index is 11.2. The predicted molar refractivity (Wildman–Crippen MR) is 93.7 cm³/mol. The Morgan fingerprint density at radius 1 is 1.38 bits per heavy atom. The van der Waals surface area contributed by atoms with Crippen molar-refractivity contribution in [3.05, 3.63) is 33.4 Å². The first kappa shape index (κ1) is 18.4. The summed E-state index contributed by atoms with van der Waals surface area (Å²) >= 11 is 5.86. The lowest BCUT2D eigenvalue weighted by atomic mass is 10.00. The fourth-order valence-electron chi connectivity index (χ4n) is 2.51. The maximum atomic E-state index is 11.2. The minimum absolute atomic E-state index is 0.0794. The molecule has 1 aliphatic heterocycles. The molecular formula is C17H22ClN3O3. The monoisotopic (exact) mass is 351 g/mol. The molecule has 24 heavy (non-hydrogen) atoms. The number of nitrogens with one attached hydrogen (secondary N) is 3. The Labute approximate surface area is 145 Å². The Morgan fingerprint density at radius 3 is 2.79 bits per heavy atom. The van der Waals surface area contributed by atoms with E-state index < -0.39 is 0 Å². The molecule has 130 valence electrons. The number of ether oxygens (including phenoxy) is 1. The molecule has 6 nitrogen and oxygen atoms in total. The molecule has 0 atom stereocenters. The van der Waals surface area contributed by atoms with Crippen molar-refractivity contribution in [3.63, 3.8) is 0 Å². The molecule has 0 saturated carbocycles. The van der Waals surface area contributed by atoms with Crippen LogP contribution < -0.4 is 21.4 Å². The Balaban J connectivity index is 0.000000177. The molecule has 7 heteroatoms. The van der Waals surface area contributed by atoms with Crippen LogP contribution in [0.15, 0.2) is 17.2 Å². The predicted octanol–water partition coefficient (Wildman–Crippen LogP) is 0.578. The SMILES string of the molecule is CNNC(=O)C1CCOCC1.O=Cc1cc2c([nH]1)=CC=C(Cl)CC=2. The quantitative estimate of drug-likeness (QED) is 0.549. The molecule has 0 bridgehead atoms. The molecule has 0 radical (unpaired) electrons. The second-order valence-electron chi connectivity index (χ2n) is 5.53. The molecular weight excluding hydrogens is 330 g/mol. The zero-order chi connectivity index (χ0) is 17.4. The third-order valence-corrected chi connectivity index (χ3v) is 4.10. The van der Waals surface area contributed by atoms with Crippen LogP contribution in [0.1, 0.15) is 29.8 Å². The Morgan fingerprint density at radius 2 is 2.12 bits per heavy atom. The van der Waals surface area contributed by atoms with Gasteiger partial charge in [0.05, 0.1) is 5.69 Å². The van der Waals surface area contributed by atoms with Crippen LogP contribution in [0, 0.1) is 5.92 Å². The summed E-state index contributed by atoms with van der Waals surface area (Å²) in [6, 6.07) is 1.82. The smallest absolute Gasteiger partial charge is 0.237 e. The molecule has 1 amide bonds. The van der Waals surface area contributed by atoms with Crippen LogP contribution >= 0.6 is 11.6 Å². The first-order chi connectivity index (χ1) is 11.6. The molecule has 0 spiro atoms. The number of H-pyrrole nitrogens is 1. The second kappa shape index (κ2) is 9.42. The summed E-state index contributed by atoms with van der Waals surface area (Å²) in [4.78, 5) is 24.6. The fraction of sp³-hybridized carbons (Fsp3) is 0.412. The average Bonchev–Trinajstić information content (AvgIpc) is 2.94. The Kier molecular flexibility index (Phi) is 7.24. The molecule has 1 aliphatic carbocycles. The zero-order valence-corrected chi connectivity index (χ0v) is 14.4. The van der Waals surface area contributed by atoms with Crippen LogP contribution in [0.4, 0.5) is 0 Å². The number of rotatable bonds is 3. The van der Waals surface area contributed by atoms with Crippen LogP contribution in [-0.4, -0.2) is 37.4 Å². The van der Waals surface area contributed by atoms with Crippen LogP contribution in [0.3, 0.4) is 0 Å². The van der Waals surface area contributed by atoms with E-state index in [1.54, 1.807) is 7.05 Å². The highest BCUT2D eigenvalue weighted by Crippen LogP contribution is 2.13. The molecule has 3 rings (SSSR count). The molecule has 3 N–H and O–H groups in total. The topological polar surface area (TPSA) is 83.2 Å². The van der Waals surface area contributed by atoms with E-state index in [1.165, 1.54) is 0 Å². The van der Waals surface area contributed by atoms with Crippen LogP contribution in [0.2, 0.25) is 0 Å². The minimum atomic E-state index is 0.0794. The van der Waals surface area contributed by atoms with Crippen molar-refractivity contribution in [1.29, 1.82) is 0 Å². The van der Waals surface area contributed by atoms with E-state index >= 15 is 0 Å². The van der Waals surface area contributed by atoms with Gasteiger partial charge < -0.3 is 9.72 Å². The molecule has 1 aromatic heterocycles. The molecule has 1 aromatic rings. The standard InChI is InChI=1S/C10H8ClNO.C7H14N2O2/c11-8-2-1-7-5-9(6-13)12-10(7)4-3-8;1-8-9-7(10)6-2-4-11-5-3-6/h1,3-6,12H,2H2;6,8H,2-5H2,1H3,(H,9,10). The van der Waals surface area contributed by atoms with Crippen LogP contribution in [0.25, 0.3) is 12.2 Å². The number of amides is 1. The third-order valence-electron chi connectivity index (χ3n) is 3.82. The lowest BCUT2D eigenvalue weighted by molar-refractivity contribution is -0.128. The highest BCUT2D eigenvalue weighted by Gasteiger charge is 2.20. The van der Waals surface area contributed by atoms with Crippen molar-refractivity contribution in [3.8, 4) is 0 Å². The van der Waals surface area contributed by atoms with Crippen molar-refractivity contribution in [2.75, 3.05) is 20.3 Å². The van der Waals surface area contributed by atoms with E-state index in [0.29, 0.717) is 18.9 Å². The van der Waals surface area contributed by atoms with Crippen molar-refractivity contribution >= 4 is 35.9 Å². The van der Waals surface area contributed by atoms with Gasteiger partial charge in [-0.1, -0.05) is 17.7 Å². The summed E-state index contributed by atoms with van der Waals surface area (Å²) in [5.41, 5.74) is 5.80. The van der Waals surface area contributed by atoms with Gasteiger partial charge in [0.15, 0.2) is 6.29 Å². The van der Waals surface area contributed by atoms with Crippen LogP contribution in [-0.2, 0) is 9.53 Å². The van der Waals surface area contributed by atoms with Crippen LogP contribution in [0.5, 0.6) is 0 Å². The van der Waals surface area contributed by atoms with Gasteiger partial charge in [-0.25, -0.2) is 5.43 Å². The van der Waals surface area contributed by atoms with Crippen molar-refractivity contribution < 1.29 is 14.3 Å². The van der Waals surface area contributed by atoms with Gasteiger partial charge in [-0.2, -0.15) is 0 Å². The number of carbonyl (C=O) groups excluding carboxylic acids is 2. The summed E-state index contributed by atoms with van der Waals surface area (Å²) < 4.78 is 5.13. The molecule has 1 fully saturated rings. The van der Waals surface area contributed by atoms with E-state index in [2.05, 4.69) is 15.8 Å². The average molecular weight is 352 g/mol. The normalized spacial score (nSPS) is 17.0. The van der Waals surface area contributed by atoms with Crippen molar-refractivity contribution in [1.82, 2.24) is 15.8 Å². The van der Waals surface area contributed by atoms with Gasteiger partial charge >= 0.3 is 0 Å². The van der Waals surface area contributed by atoms with Gasteiger partial charge in [0.2, 0.25) is 5.91 Å². The fourth-order valence-corrected chi connectivity index (χ4v) is 2.65. The number of hydrogen-bond donors (Lipinski definition) is 3. The number of aldehydes is 1.